The Balaban J connectivity index is 2.39. The van der Waals surface area contributed by atoms with E-state index in [2.05, 4.69) is 5.32 Å². The molecule has 76 valence electrons. The summed E-state index contributed by atoms with van der Waals surface area (Å²) in [7, 11) is 0. The van der Waals surface area contributed by atoms with E-state index < -0.39 is 0 Å². The highest BCUT2D eigenvalue weighted by molar-refractivity contribution is 5.92. The van der Waals surface area contributed by atoms with Crippen molar-refractivity contribution in [2.75, 3.05) is 0 Å². The van der Waals surface area contributed by atoms with Gasteiger partial charge in [0.05, 0.1) is 12.8 Å². The van der Waals surface area contributed by atoms with Crippen LogP contribution < -0.4 is 5.32 Å². The van der Waals surface area contributed by atoms with Crippen LogP contribution in [0.4, 0.5) is 0 Å². The minimum Gasteiger partial charge on any atom is -0.467 e. The van der Waals surface area contributed by atoms with Gasteiger partial charge in [-0.2, -0.15) is 0 Å². The number of rotatable bonds is 4. The molecule has 1 aromatic rings. The van der Waals surface area contributed by atoms with Gasteiger partial charge < -0.3 is 9.73 Å². The molecule has 0 atom stereocenters. The summed E-state index contributed by atoms with van der Waals surface area (Å²) < 4.78 is 5.09. The van der Waals surface area contributed by atoms with Gasteiger partial charge >= 0.3 is 0 Å². The summed E-state index contributed by atoms with van der Waals surface area (Å²) in [5.41, 5.74) is 0.749. The molecule has 1 amide bonds. The molecule has 0 aliphatic heterocycles. The van der Waals surface area contributed by atoms with Crippen LogP contribution in [0.15, 0.2) is 34.5 Å². The number of carbonyl (C=O) groups excluding carboxylic acids is 1. The van der Waals surface area contributed by atoms with E-state index >= 15 is 0 Å². The average molecular weight is 193 g/mol. The number of furan rings is 1. The minimum atomic E-state index is -0.0387. The maximum absolute atomic E-state index is 11.4. The Morgan fingerprint density at radius 3 is 3.00 bits per heavy atom. The fourth-order valence-electron chi connectivity index (χ4n) is 1.12. The molecule has 0 bridgehead atoms. The van der Waals surface area contributed by atoms with Gasteiger partial charge in [0.2, 0.25) is 5.91 Å². The third-order valence-electron chi connectivity index (χ3n) is 1.87. The van der Waals surface area contributed by atoms with Gasteiger partial charge in [0, 0.05) is 5.57 Å². The number of allylic oxidation sites excluding steroid dienone is 1. The first-order valence-corrected chi connectivity index (χ1v) is 4.71. The number of carbonyl (C=O) groups is 1. The first-order chi connectivity index (χ1) is 6.74. The van der Waals surface area contributed by atoms with Gasteiger partial charge in [-0.3, -0.25) is 4.79 Å². The van der Waals surface area contributed by atoms with Crippen molar-refractivity contribution in [2.24, 2.45) is 0 Å². The minimum absolute atomic E-state index is 0.0387. The third-order valence-corrected chi connectivity index (χ3v) is 1.87. The number of hydrogen-bond donors (Lipinski definition) is 1. The van der Waals surface area contributed by atoms with E-state index in [1.54, 1.807) is 19.3 Å². The highest BCUT2D eigenvalue weighted by Gasteiger charge is 2.03. The van der Waals surface area contributed by atoms with Crippen LogP contribution in [0.3, 0.4) is 0 Å². The lowest BCUT2D eigenvalue weighted by Crippen LogP contribution is -2.23. The lowest BCUT2D eigenvalue weighted by Gasteiger charge is -2.02. The van der Waals surface area contributed by atoms with Crippen LogP contribution in [0.1, 0.15) is 26.0 Å². The molecule has 3 heteroatoms. The summed E-state index contributed by atoms with van der Waals surface area (Å²) in [6, 6.07) is 3.63. The van der Waals surface area contributed by atoms with E-state index in [9.17, 15) is 4.79 Å². The molecule has 0 spiro atoms. The fourth-order valence-corrected chi connectivity index (χ4v) is 1.12. The van der Waals surface area contributed by atoms with Gasteiger partial charge in [-0.15, -0.1) is 0 Å². The first-order valence-electron chi connectivity index (χ1n) is 4.71. The zero-order valence-electron chi connectivity index (χ0n) is 8.54. The lowest BCUT2D eigenvalue weighted by molar-refractivity contribution is -0.117. The Bertz CT molecular complexity index is 312. The van der Waals surface area contributed by atoms with Gasteiger partial charge in [-0.25, -0.2) is 0 Å². The predicted molar refractivity (Wildman–Crippen MR) is 54.6 cm³/mol. The molecule has 0 unspecified atom stereocenters. The smallest absolute Gasteiger partial charge is 0.246 e. The summed E-state index contributed by atoms with van der Waals surface area (Å²) in [6.45, 7) is 4.25. The molecule has 0 saturated carbocycles. The summed E-state index contributed by atoms with van der Waals surface area (Å²) in [4.78, 5) is 11.4. The number of hydrogen-bond acceptors (Lipinski definition) is 2. The summed E-state index contributed by atoms with van der Waals surface area (Å²) in [6.07, 6.45) is 4.37. The van der Waals surface area contributed by atoms with Crippen molar-refractivity contribution >= 4 is 5.91 Å². The molecule has 0 radical (unpaired) electrons. The summed E-state index contributed by atoms with van der Waals surface area (Å²) >= 11 is 0. The molecule has 3 nitrogen and oxygen atoms in total. The van der Waals surface area contributed by atoms with E-state index in [-0.39, 0.29) is 5.91 Å². The largest absolute Gasteiger partial charge is 0.467 e. The van der Waals surface area contributed by atoms with Gasteiger partial charge in [0.15, 0.2) is 0 Å². The van der Waals surface area contributed by atoms with Gasteiger partial charge in [-0.1, -0.05) is 13.0 Å². The second-order valence-corrected chi connectivity index (χ2v) is 3.06. The second kappa shape index (κ2) is 5.27. The van der Waals surface area contributed by atoms with E-state index in [1.165, 1.54) is 0 Å². The zero-order valence-corrected chi connectivity index (χ0v) is 8.54. The normalized spacial score (nSPS) is 11.4. The average Bonchev–Trinajstić information content (AvgIpc) is 2.67. The van der Waals surface area contributed by atoms with Crippen molar-refractivity contribution in [3.63, 3.8) is 0 Å². The molecule has 1 heterocycles. The van der Waals surface area contributed by atoms with Crippen LogP contribution in [-0.2, 0) is 11.3 Å². The highest BCUT2D eigenvalue weighted by atomic mass is 16.3. The van der Waals surface area contributed by atoms with Crippen LogP contribution in [0.5, 0.6) is 0 Å². The van der Waals surface area contributed by atoms with E-state index in [4.69, 9.17) is 4.42 Å². The van der Waals surface area contributed by atoms with Crippen LogP contribution in [0.25, 0.3) is 0 Å². The Hall–Kier alpha value is -1.51. The molecule has 1 N–H and O–H groups in total. The van der Waals surface area contributed by atoms with Gasteiger partial charge in [0.1, 0.15) is 5.76 Å². The van der Waals surface area contributed by atoms with Crippen LogP contribution in [0, 0.1) is 0 Å². The molecule has 0 aromatic carbocycles. The summed E-state index contributed by atoms with van der Waals surface area (Å²) in [5, 5.41) is 2.77. The highest BCUT2D eigenvalue weighted by Crippen LogP contribution is 2.00. The third kappa shape index (κ3) is 3.09. The number of nitrogens with one attached hydrogen (secondary N) is 1. The van der Waals surface area contributed by atoms with E-state index in [0.717, 1.165) is 17.8 Å². The first kappa shape index (κ1) is 10.6. The molecule has 0 aliphatic rings. The Morgan fingerprint density at radius 1 is 1.64 bits per heavy atom. The molecule has 0 saturated heterocycles. The molecular weight excluding hydrogens is 178 g/mol. The van der Waals surface area contributed by atoms with Crippen molar-refractivity contribution in [2.45, 2.75) is 26.8 Å². The topological polar surface area (TPSA) is 42.2 Å². The van der Waals surface area contributed by atoms with Crippen LogP contribution in [-0.4, -0.2) is 5.91 Å². The molecule has 1 aromatic heterocycles. The Kier molecular flexibility index (Phi) is 3.98. The van der Waals surface area contributed by atoms with E-state index in [0.29, 0.717) is 6.54 Å². The maximum Gasteiger partial charge on any atom is 0.246 e. The monoisotopic (exact) mass is 193 g/mol. The molecule has 0 aliphatic carbocycles. The van der Waals surface area contributed by atoms with Crippen molar-refractivity contribution in [3.8, 4) is 0 Å². The van der Waals surface area contributed by atoms with Crippen LogP contribution >= 0.6 is 0 Å². The quantitative estimate of drug-likeness (QED) is 0.745. The van der Waals surface area contributed by atoms with Crippen LogP contribution in [0.2, 0.25) is 0 Å². The summed E-state index contributed by atoms with van der Waals surface area (Å²) in [5.74, 6) is 0.728. The SMILES string of the molecule is CCC=C(C)C(=O)NCc1ccco1. The van der Waals surface area contributed by atoms with Crippen molar-refractivity contribution in [1.82, 2.24) is 5.32 Å². The Labute approximate surface area is 83.8 Å². The lowest BCUT2D eigenvalue weighted by atomic mass is 10.2. The molecule has 14 heavy (non-hydrogen) atoms. The molecular formula is C11H15NO2. The maximum atomic E-state index is 11.4. The van der Waals surface area contributed by atoms with Gasteiger partial charge in [-0.05, 0) is 25.5 Å². The zero-order chi connectivity index (χ0) is 10.4. The standard InChI is InChI=1S/C11H15NO2/c1-3-5-9(2)11(13)12-8-10-6-4-7-14-10/h4-7H,3,8H2,1-2H3,(H,12,13). The fraction of sp³-hybridized carbons (Fsp3) is 0.364. The molecule has 0 fully saturated rings. The van der Waals surface area contributed by atoms with Crippen molar-refractivity contribution < 1.29 is 9.21 Å². The predicted octanol–water partition coefficient (Wildman–Crippen LogP) is 2.25. The second-order valence-electron chi connectivity index (χ2n) is 3.06. The molecule has 1 rings (SSSR count). The van der Waals surface area contributed by atoms with Crippen molar-refractivity contribution in [1.29, 1.82) is 0 Å². The Morgan fingerprint density at radius 2 is 2.43 bits per heavy atom. The number of amides is 1. The van der Waals surface area contributed by atoms with Gasteiger partial charge in [0.25, 0.3) is 0 Å². The van der Waals surface area contributed by atoms with Crippen molar-refractivity contribution in [3.05, 3.63) is 35.8 Å². The van der Waals surface area contributed by atoms with E-state index in [1.807, 2.05) is 19.1 Å².